The molecule has 2 aliphatic carbocycles. The minimum atomic E-state index is 0.883. The van der Waals surface area contributed by atoms with Crippen LogP contribution < -0.4 is 5.32 Å². The average Bonchev–Trinajstić information content (AvgIpc) is 3.04. The van der Waals surface area contributed by atoms with Gasteiger partial charge in [0.15, 0.2) is 0 Å². The van der Waals surface area contributed by atoms with Gasteiger partial charge in [0, 0.05) is 38.3 Å². The van der Waals surface area contributed by atoms with Crippen LogP contribution in [-0.4, -0.2) is 61.7 Å². The van der Waals surface area contributed by atoms with Crippen molar-refractivity contribution in [1.29, 1.82) is 0 Å². The van der Waals surface area contributed by atoms with Crippen LogP contribution in [0, 0.1) is 5.92 Å². The third-order valence-electron chi connectivity index (χ3n) is 4.63. The fourth-order valence-electron chi connectivity index (χ4n) is 3.03. The summed E-state index contributed by atoms with van der Waals surface area (Å²) in [4.78, 5) is 5.19. The summed E-state index contributed by atoms with van der Waals surface area (Å²) in [5.41, 5.74) is 0. The van der Waals surface area contributed by atoms with E-state index in [2.05, 4.69) is 22.2 Å². The van der Waals surface area contributed by atoms with Gasteiger partial charge in [-0.25, -0.2) is 0 Å². The Morgan fingerprint density at radius 2 is 1.75 bits per heavy atom. The van der Waals surface area contributed by atoms with E-state index in [1.165, 1.54) is 58.4 Å². The third-order valence-corrected chi connectivity index (χ3v) is 4.63. The van der Waals surface area contributed by atoms with Gasteiger partial charge in [-0.1, -0.05) is 0 Å². The Morgan fingerprint density at radius 3 is 2.31 bits per heavy atom. The summed E-state index contributed by atoms with van der Waals surface area (Å²) in [6.45, 7) is 6.39. The molecule has 1 heterocycles. The van der Waals surface area contributed by atoms with Crippen LogP contribution in [0.3, 0.4) is 0 Å². The molecule has 1 aliphatic heterocycles. The largest absolute Gasteiger partial charge is 0.314 e. The summed E-state index contributed by atoms with van der Waals surface area (Å²) in [5.74, 6) is 0.948. The van der Waals surface area contributed by atoms with E-state index in [4.69, 9.17) is 0 Å². The predicted octanol–water partition coefficient (Wildman–Crippen LogP) is 0.764. The van der Waals surface area contributed by atoms with E-state index in [1.54, 1.807) is 0 Å². The predicted molar refractivity (Wildman–Crippen MR) is 66.6 cm³/mol. The van der Waals surface area contributed by atoms with Gasteiger partial charge in [-0.2, -0.15) is 0 Å². The van der Waals surface area contributed by atoms with Gasteiger partial charge < -0.3 is 10.2 Å². The monoisotopic (exact) mass is 223 g/mol. The molecule has 0 bridgehead atoms. The molecule has 0 aromatic rings. The van der Waals surface area contributed by atoms with Gasteiger partial charge in [0.25, 0.3) is 0 Å². The van der Waals surface area contributed by atoms with Gasteiger partial charge in [-0.05, 0) is 45.2 Å². The van der Waals surface area contributed by atoms with Crippen LogP contribution in [0.4, 0.5) is 0 Å². The van der Waals surface area contributed by atoms with Crippen LogP contribution in [0.15, 0.2) is 0 Å². The number of likely N-dealkylation sites (N-methyl/N-ethyl adjacent to an activating group) is 1. The third kappa shape index (κ3) is 2.41. The molecule has 3 fully saturated rings. The lowest BCUT2D eigenvalue weighted by atomic mass is 9.78. The minimum absolute atomic E-state index is 0.883. The maximum absolute atomic E-state index is 3.70. The molecule has 3 nitrogen and oxygen atoms in total. The SMILES string of the molecule is CN1CCN(C2CCC2CNC2CC2)CC1. The van der Waals surface area contributed by atoms with Gasteiger partial charge >= 0.3 is 0 Å². The first-order valence-electron chi connectivity index (χ1n) is 6.99. The number of piperazine rings is 1. The number of nitrogens with one attached hydrogen (secondary N) is 1. The Morgan fingerprint density at radius 1 is 1.00 bits per heavy atom. The van der Waals surface area contributed by atoms with Crippen molar-refractivity contribution in [2.45, 2.75) is 37.8 Å². The Bertz CT molecular complexity index is 231. The zero-order chi connectivity index (χ0) is 11.0. The fourth-order valence-corrected chi connectivity index (χ4v) is 3.03. The molecular formula is C13H25N3. The van der Waals surface area contributed by atoms with Gasteiger partial charge in [-0.3, -0.25) is 4.90 Å². The molecule has 1 saturated heterocycles. The highest BCUT2D eigenvalue weighted by Gasteiger charge is 2.36. The maximum Gasteiger partial charge on any atom is 0.0137 e. The van der Waals surface area contributed by atoms with Crippen LogP contribution in [-0.2, 0) is 0 Å². The van der Waals surface area contributed by atoms with Crippen molar-refractivity contribution in [2.24, 2.45) is 5.92 Å². The second kappa shape index (κ2) is 4.63. The number of hydrogen-bond acceptors (Lipinski definition) is 3. The lowest BCUT2D eigenvalue weighted by Gasteiger charge is -2.47. The Labute approximate surface area is 99.2 Å². The zero-order valence-electron chi connectivity index (χ0n) is 10.5. The number of rotatable bonds is 4. The molecule has 92 valence electrons. The van der Waals surface area contributed by atoms with E-state index < -0.39 is 0 Å². The molecule has 3 heteroatoms. The lowest BCUT2D eigenvalue weighted by molar-refractivity contribution is 0.0272. The molecular weight excluding hydrogens is 198 g/mol. The highest BCUT2D eigenvalue weighted by Crippen LogP contribution is 2.33. The summed E-state index contributed by atoms with van der Waals surface area (Å²) in [5, 5.41) is 3.70. The molecule has 2 atom stereocenters. The van der Waals surface area contributed by atoms with E-state index >= 15 is 0 Å². The summed E-state index contributed by atoms with van der Waals surface area (Å²) in [7, 11) is 2.24. The van der Waals surface area contributed by atoms with E-state index in [-0.39, 0.29) is 0 Å². The van der Waals surface area contributed by atoms with Crippen LogP contribution in [0.2, 0.25) is 0 Å². The first kappa shape index (κ1) is 11.0. The molecule has 1 N–H and O–H groups in total. The summed E-state index contributed by atoms with van der Waals surface area (Å²) >= 11 is 0. The fraction of sp³-hybridized carbons (Fsp3) is 1.00. The molecule has 2 saturated carbocycles. The Kier molecular flexibility index (Phi) is 3.18. The van der Waals surface area contributed by atoms with E-state index in [0.29, 0.717) is 0 Å². The van der Waals surface area contributed by atoms with E-state index in [0.717, 1.165) is 18.0 Å². The topological polar surface area (TPSA) is 18.5 Å². The van der Waals surface area contributed by atoms with Crippen molar-refractivity contribution in [1.82, 2.24) is 15.1 Å². The summed E-state index contributed by atoms with van der Waals surface area (Å²) in [6, 6.07) is 1.79. The first-order chi connectivity index (χ1) is 7.83. The van der Waals surface area contributed by atoms with E-state index in [1.807, 2.05) is 0 Å². The van der Waals surface area contributed by atoms with Crippen LogP contribution >= 0.6 is 0 Å². The number of nitrogens with zero attached hydrogens (tertiary/aromatic N) is 2. The second-order valence-electron chi connectivity index (χ2n) is 5.93. The van der Waals surface area contributed by atoms with Crippen LogP contribution in [0.25, 0.3) is 0 Å². The van der Waals surface area contributed by atoms with Gasteiger partial charge in [-0.15, -0.1) is 0 Å². The van der Waals surface area contributed by atoms with Crippen molar-refractivity contribution in [3.8, 4) is 0 Å². The normalized spacial score (nSPS) is 37.3. The van der Waals surface area contributed by atoms with Crippen LogP contribution in [0.1, 0.15) is 25.7 Å². The van der Waals surface area contributed by atoms with Gasteiger partial charge in [0.1, 0.15) is 0 Å². The first-order valence-corrected chi connectivity index (χ1v) is 6.99. The molecule has 16 heavy (non-hydrogen) atoms. The molecule has 0 aromatic heterocycles. The molecule has 0 spiro atoms. The summed E-state index contributed by atoms with van der Waals surface area (Å²) < 4.78 is 0. The zero-order valence-corrected chi connectivity index (χ0v) is 10.5. The highest BCUT2D eigenvalue weighted by atomic mass is 15.3. The molecule has 0 amide bonds. The maximum atomic E-state index is 3.70. The highest BCUT2D eigenvalue weighted by molar-refractivity contribution is 4.93. The van der Waals surface area contributed by atoms with Crippen LogP contribution in [0.5, 0.6) is 0 Å². The standard InChI is InChI=1S/C13H25N3/c1-15-6-8-16(9-7-15)13-5-2-11(13)10-14-12-3-4-12/h11-14H,2-10H2,1H3. The Balaban J connectivity index is 1.43. The van der Waals surface area contributed by atoms with Crippen molar-refractivity contribution in [3.05, 3.63) is 0 Å². The van der Waals surface area contributed by atoms with Gasteiger partial charge in [0.2, 0.25) is 0 Å². The summed E-state index contributed by atoms with van der Waals surface area (Å²) in [6.07, 6.45) is 5.75. The average molecular weight is 223 g/mol. The van der Waals surface area contributed by atoms with Crippen molar-refractivity contribution < 1.29 is 0 Å². The molecule has 3 aliphatic rings. The molecule has 0 radical (unpaired) electrons. The molecule has 0 aromatic carbocycles. The molecule has 3 rings (SSSR count). The van der Waals surface area contributed by atoms with Gasteiger partial charge in [0.05, 0.1) is 0 Å². The van der Waals surface area contributed by atoms with E-state index in [9.17, 15) is 0 Å². The molecule has 2 unspecified atom stereocenters. The minimum Gasteiger partial charge on any atom is -0.314 e. The van der Waals surface area contributed by atoms with Crippen molar-refractivity contribution in [2.75, 3.05) is 39.8 Å². The van der Waals surface area contributed by atoms with Crippen molar-refractivity contribution >= 4 is 0 Å². The quantitative estimate of drug-likeness (QED) is 0.759. The van der Waals surface area contributed by atoms with Crippen molar-refractivity contribution in [3.63, 3.8) is 0 Å². The lowest BCUT2D eigenvalue weighted by Crippen LogP contribution is -2.56. The Hall–Kier alpha value is -0.120. The second-order valence-corrected chi connectivity index (χ2v) is 5.93. The number of hydrogen-bond donors (Lipinski definition) is 1. The smallest absolute Gasteiger partial charge is 0.0137 e.